The number of carbonyl (C=O) groups is 2. The number of likely N-dealkylation sites (tertiary alicyclic amines) is 1. The van der Waals surface area contributed by atoms with E-state index in [2.05, 4.69) is 4.98 Å². The van der Waals surface area contributed by atoms with Crippen molar-refractivity contribution >= 4 is 23.8 Å². The maximum atomic E-state index is 11.9. The SMILES string of the molecule is CCOC(=O)OC1(c2cccc(Cl)n2)CCN(C(=O)OCC)CC1. The Kier molecular flexibility index (Phi) is 6.25. The number of nitrogens with zero attached hydrogens (tertiary/aromatic N) is 2. The Morgan fingerprint density at radius 1 is 1.21 bits per heavy atom. The smallest absolute Gasteiger partial charge is 0.450 e. The van der Waals surface area contributed by atoms with E-state index in [1.54, 1.807) is 36.9 Å². The van der Waals surface area contributed by atoms with Gasteiger partial charge in [-0.1, -0.05) is 17.7 Å². The highest BCUT2D eigenvalue weighted by Gasteiger charge is 2.43. The molecule has 0 saturated carbocycles. The summed E-state index contributed by atoms with van der Waals surface area (Å²) in [4.78, 5) is 29.6. The van der Waals surface area contributed by atoms with Gasteiger partial charge in [-0.05, 0) is 26.0 Å². The molecule has 0 radical (unpaired) electrons. The number of hydrogen-bond donors (Lipinski definition) is 0. The largest absolute Gasteiger partial charge is 0.509 e. The lowest BCUT2D eigenvalue weighted by molar-refractivity contribution is -0.0709. The Bertz CT molecular complexity index is 588. The molecule has 2 rings (SSSR count). The average molecular weight is 357 g/mol. The lowest BCUT2D eigenvalue weighted by Crippen LogP contribution is -2.48. The molecule has 8 heteroatoms. The van der Waals surface area contributed by atoms with E-state index >= 15 is 0 Å². The summed E-state index contributed by atoms with van der Waals surface area (Å²) in [6, 6.07) is 5.15. The predicted molar refractivity (Wildman–Crippen MR) is 86.9 cm³/mol. The molecule has 1 aromatic heterocycles. The first kappa shape index (κ1) is 18.3. The van der Waals surface area contributed by atoms with Gasteiger partial charge in [-0.25, -0.2) is 14.6 Å². The van der Waals surface area contributed by atoms with Crippen LogP contribution in [0.2, 0.25) is 5.15 Å². The van der Waals surface area contributed by atoms with Crippen molar-refractivity contribution in [3.63, 3.8) is 0 Å². The fourth-order valence-electron chi connectivity index (χ4n) is 2.64. The van der Waals surface area contributed by atoms with Crippen LogP contribution in [0.5, 0.6) is 0 Å². The summed E-state index contributed by atoms with van der Waals surface area (Å²) < 4.78 is 15.5. The summed E-state index contributed by atoms with van der Waals surface area (Å²) in [5.41, 5.74) is -0.424. The molecule has 0 spiro atoms. The number of carbonyl (C=O) groups excluding carboxylic acids is 2. The van der Waals surface area contributed by atoms with Crippen LogP contribution in [0.25, 0.3) is 0 Å². The molecular weight excluding hydrogens is 336 g/mol. The minimum atomic E-state index is -0.972. The number of pyridine rings is 1. The van der Waals surface area contributed by atoms with E-state index in [0.29, 0.717) is 43.4 Å². The maximum absolute atomic E-state index is 11.9. The second-order valence-corrected chi connectivity index (χ2v) is 5.70. The van der Waals surface area contributed by atoms with Crippen LogP contribution < -0.4 is 0 Å². The summed E-state index contributed by atoms with van der Waals surface area (Å²) in [7, 11) is 0. The van der Waals surface area contributed by atoms with Crippen LogP contribution in [-0.2, 0) is 19.8 Å². The quantitative estimate of drug-likeness (QED) is 0.608. The van der Waals surface area contributed by atoms with Crippen molar-refractivity contribution in [2.75, 3.05) is 26.3 Å². The van der Waals surface area contributed by atoms with Gasteiger partial charge in [0.25, 0.3) is 0 Å². The number of ether oxygens (including phenoxy) is 3. The molecule has 0 aliphatic carbocycles. The first-order valence-electron chi connectivity index (χ1n) is 7.91. The summed E-state index contributed by atoms with van der Waals surface area (Å²) in [5.74, 6) is 0. The number of aromatic nitrogens is 1. The van der Waals surface area contributed by atoms with Crippen LogP contribution in [-0.4, -0.2) is 48.4 Å². The lowest BCUT2D eigenvalue weighted by Gasteiger charge is -2.39. The molecule has 1 aliphatic rings. The van der Waals surface area contributed by atoms with E-state index in [9.17, 15) is 9.59 Å². The molecule has 24 heavy (non-hydrogen) atoms. The van der Waals surface area contributed by atoms with Crippen LogP contribution in [0.4, 0.5) is 9.59 Å². The molecular formula is C16H21ClN2O5. The third-order valence-corrected chi connectivity index (χ3v) is 4.03. The van der Waals surface area contributed by atoms with Crippen LogP contribution in [0, 0.1) is 0 Å². The highest BCUT2D eigenvalue weighted by atomic mass is 35.5. The van der Waals surface area contributed by atoms with Gasteiger partial charge >= 0.3 is 12.2 Å². The Labute approximate surface area is 145 Å². The average Bonchev–Trinajstić information content (AvgIpc) is 2.56. The van der Waals surface area contributed by atoms with E-state index in [-0.39, 0.29) is 12.7 Å². The third-order valence-electron chi connectivity index (χ3n) is 3.82. The molecule has 7 nitrogen and oxygen atoms in total. The van der Waals surface area contributed by atoms with E-state index < -0.39 is 11.8 Å². The molecule has 0 atom stereocenters. The number of piperidine rings is 1. The van der Waals surface area contributed by atoms with Gasteiger partial charge in [-0.2, -0.15) is 0 Å². The molecule has 1 saturated heterocycles. The normalized spacial score (nSPS) is 16.4. The highest BCUT2D eigenvalue weighted by Crippen LogP contribution is 2.37. The monoisotopic (exact) mass is 356 g/mol. The molecule has 0 aromatic carbocycles. The van der Waals surface area contributed by atoms with E-state index in [1.165, 1.54) is 0 Å². The molecule has 1 aliphatic heterocycles. The second kappa shape index (κ2) is 8.19. The van der Waals surface area contributed by atoms with Gasteiger partial charge in [0.15, 0.2) is 5.60 Å². The fraction of sp³-hybridized carbons (Fsp3) is 0.562. The van der Waals surface area contributed by atoms with E-state index in [4.69, 9.17) is 25.8 Å². The van der Waals surface area contributed by atoms with Gasteiger partial charge in [0.1, 0.15) is 5.15 Å². The Morgan fingerprint density at radius 2 is 1.88 bits per heavy atom. The van der Waals surface area contributed by atoms with Crippen molar-refractivity contribution in [3.05, 3.63) is 29.0 Å². The third kappa shape index (κ3) is 4.29. The predicted octanol–water partition coefficient (Wildman–Crippen LogP) is 3.36. The minimum Gasteiger partial charge on any atom is -0.450 e. The number of hydrogen-bond acceptors (Lipinski definition) is 6. The maximum Gasteiger partial charge on any atom is 0.509 e. The zero-order chi connectivity index (χ0) is 17.6. The van der Waals surface area contributed by atoms with Crippen molar-refractivity contribution < 1.29 is 23.8 Å². The lowest BCUT2D eigenvalue weighted by atomic mass is 9.87. The Balaban J connectivity index is 2.20. The molecule has 132 valence electrons. The summed E-state index contributed by atoms with van der Waals surface area (Å²) in [6.45, 7) is 4.75. The van der Waals surface area contributed by atoms with Crippen LogP contribution in [0.3, 0.4) is 0 Å². The molecule has 1 aromatic rings. The number of rotatable bonds is 4. The van der Waals surface area contributed by atoms with Gasteiger partial charge in [-0.15, -0.1) is 0 Å². The van der Waals surface area contributed by atoms with Crippen LogP contribution in [0.1, 0.15) is 32.4 Å². The Morgan fingerprint density at radius 3 is 2.46 bits per heavy atom. The first-order valence-corrected chi connectivity index (χ1v) is 8.29. The van der Waals surface area contributed by atoms with E-state index in [1.807, 2.05) is 0 Å². The van der Waals surface area contributed by atoms with Crippen molar-refractivity contribution in [2.45, 2.75) is 32.3 Å². The zero-order valence-corrected chi connectivity index (χ0v) is 14.5. The number of halogens is 1. The standard InChI is InChI=1S/C16H21ClN2O5/c1-3-22-14(20)19-10-8-16(9-11-19,24-15(21)23-4-2)12-6-5-7-13(17)18-12/h5-7H,3-4,8-11H2,1-2H3. The van der Waals surface area contributed by atoms with Crippen molar-refractivity contribution in [2.24, 2.45) is 0 Å². The summed E-state index contributed by atoms with van der Waals surface area (Å²) in [6.07, 6.45) is -0.360. The fourth-order valence-corrected chi connectivity index (χ4v) is 2.81. The second-order valence-electron chi connectivity index (χ2n) is 5.31. The van der Waals surface area contributed by atoms with E-state index in [0.717, 1.165) is 0 Å². The molecule has 0 bridgehead atoms. The van der Waals surface area contributed by atoms with Gasteiger partial charge in [0, 0.05) is 25.9 Å². The molecule has 1 fully saturated rings. The topological polar surface area (TPSA) is 78.0 Å². The minimum absolute atomic E-state index is 0.215. The van der Waals surface area contributed by atoms with Crippen LogP contribution >= 0.6 is 11.6 Å². The Hall–Kier alpha value is -2.02. The first-order chi connectivity index (χ1) is 11.5. The number of amides is 1. The van der Waals surface area contributed by atoms with Gasteiger partial charge in [0.2, 0.25) is 0 Å². The summed E-state index contributed by atoms with van der Waals surface area (Å²) >= 11 is 5.98. The van der Waals surface area contributed by atoms with Crippen molar-refractivity contribution in [1.82, 2.24) is 9.88 Å². The van der Waals surface area contributed by atoms with Crippen molar-refractivity contribution in [1.29, 1.82) is 0 Å². The molecule has 0 unspecified atom stereocenters. The molecule has 1 amide bonds. The molecule has 2 heterocycles. The van der Waals surface area contributed by atoms with Gasteiger partial charge in [0.05, 0.1) is 18.9 Å². The molecule has 0 N–H and O–H groups in total. The zero-order valence-electron chi connectivity index (χ0n) is 13.8. The van der Waals surface area contributed by atoms with Crippen LogP contribution in [0.15, 0.2) is 18.2 Å². The van der Waals surface area contributed by atoms with Crippen molar-refractivity contribution in [3.8, 4) is 0 Å². The van der Waals surface area contributed by atoms with Gasteiger partial charge in [-0.3, -0.25) is 0 Å². The highest BCUT2D eigenvalue weighted by molar-refractivity contribution is 6.29. The summed E-state index contributed by atoms with van der Waals surface area (Å²) in [5, 5.41) is 0.312. The van der Waals surface area contributed by atoms with Gasteiger partial charge < -0.3 is 19.1 Å².